The molecule has 3 radical (unpaired) electrons. The van der Waals surface area contributed by atoms with E-state index in [1.54, 1.807) is 0 Å². The van der Waals surface area contributed by atoms with Crippen molar-refractivity contribution in [3.05, 3.63) is 47.5 Å². The quantitative estimate of drug-likeness (QED) is 0.799. The van der Waals surface area contributed by atoms with Crippen molar-refractivity contribution in [1.82, 2.24) is 0 Å². The molecule has 81 valence electrons. The lowest BCUT2D eigenvalue weighted by Crippen LogP contribution is -1.94. The van der Waals surface area contributed by atoms with E-state index < -0.39 is 6.10 Å². The van der Waals surface area contributed by atoms with E-state index >= 15 is 0 Å². The third-order valence-corrected chi connectivity index (χ3v) is 3.14. The Morgan fingerprint density at radius 3 is 2.50 bits per heavy atom. The summed E-state index contributed by atoms with van der Waals surface area (Å²) >= 11 is 0. The minimum atomic E-state index is -0.414. The lowest BCUT2D eigenvalue weighted by Gasteiger charge is -2.11. The normalized spacial score (nSPS) is 12.9. The predicted molar refractivity (Wildman–Crippen MR) is 68.8 cm³/mol. The van der Waals surface area contributed by atoms with Crippen molar-refractivity contribution in [1.29, 1.82) is 0 Å². The average molecular weight is 227 g/mol. The summed E-state index contributed by atoms with van der Waals surface area (Å²) < 4.78 is 0. The SMILES string of the molecule is CC(O)c1cccc2c(CC[Si])cccc12. The molecule has 16 heavy (non-hydrogen) atoms. The molecule has 0 spiro atoms. The van der Waals surface area contributed by atoms with Crippen LogP contribution in [0.2, 0.25) is 6.04 Å². The van der Waals surface area contributed by atoms with Gasteiger partial charge in [0, 0.05) is 10.2 Å². The Bertz CT molecular complexity index is 491. The van der Waals surface area contributed by atoms with Gasteiger partial charge in [0.05, 0.1) is 6.10 Å². The van der Waals surface area contributed by atoms with Crippen LogP contribution >= 0.6 is 0 Å². The van der Waals surface area contributed by atoms with Gasteiger partial charge in [-0.1, -0.05) is 42.4 Å². The molecule has 2 aromatic rings. The smallest absolute Gasteiger partial charge is 0.0767 e. The van der Waals surface area contributed by atoms with Gasteiger partial charge in [0.2, 0.25) is 0 Å². The number of aryl methyl sites for hydroxylation is 1. The minimum Gasteiger partial charge on any atom is -0.389 e. The zero-order valence-electron chi connectivity index (χ0n) is 9.40. The molecule has 0 amide bonds. The van der Waals surface area contributed by atoms with Crippen LogP contribution in [-0.4, -0.2) is 15.3 Å². The molecule has 0 aliphatic heterocycles. The van der Waals surface area contributed by atoms with Gasteiger partial charge in [-0.2, -0.15) is 0 Å². The van der Waals surface area contributed by atoms with E-state index in [-0.39, 0.29) is 0 Å². The van der Waals surface area contributed by atoms with E-state index in [9.17, 15) is 5.11 Å². The molecule has 1 N–H and O–H groups in total. The third kappa shape index (κ3) is 2.03. The predicted octanol–water partition coefficient (Wildman–Crippen LogP) is 3.02. The number of rotatable bonds is 3. The maximum absolute atomic E-state index is 9.73. The summed E-state index contributed by atoms with van der Waals surface area (Å²) in [5.74, 6) is 0. The molecule has 1 nitrogen and oxygen atoms in total. The Kier molecular flexibility index (Phi) is 3.41. The highest BCUT2D eigenvalue weighted by Crippen LogP contribution is 2.27. The van der Waals surface area contributed by atoms with E-state index in [4.69, 9.17) is 0 Å². The highest BCUT2D eigenvalue weighted by Gasteiger charge is 2.07. The van der Waals surface area contributed by atoms with Crippen molar-refractivity contribution < 1.29 is 5.11 Å². The van der Waals surface area contributed by atoms with Gasteiger partial charge >= 0.3 is 0 Å². The Hall–Kier alpha value is -1.12. The van der Waals surface area contributed by atoms with Gasteiger partial charge in [0.1, 0.15) is 0 Å². The summed E-state index contributed by atoms with van der Waals surface area (Å²) in [4.78, 5) is 0. The number of fused-ring (bicyclic) bond motifs is 1. The summed E-state index contributed by atoms with van der Waals surface area (Å²) in [7, 11) is 3.52. The second-order valence-corrected chi connectivity index (χ2v) is 4.54. The van der Waals surface area contributed by atoms with Crippen LogP contribution in [0.1, 0.15) is 24.2 Å². The molecular weight excluding hydrogens is 212 g/mol. The third-order valence-electron chi connectivity index (χ3n) is 2.89. The topological polar surface area (TPSA) is 20.2 Å². The van der Waals surface area contributed by atoms with Crippen molar-refractivity contribution in [3.63, 3.8) is 0 Å². The van der Waals surface area contributed by atoms with E-state index in [0.29, 0.717) is 0 Å². The Labute approximate surface area is 99.5 Å². The standard InChI is InChI=1S/C14H15OSi/c1-10(15)12-5-3-6-13-11(8-9-16)4-2-7-14(12)13/h2-7,10,15H,8-9H2,1H3. The summed E-state index contributed by atoms with van der Waals surface area (Å²) in [6.45, 7) is 1.81. The van der Waals surface area contributed by atoms with Crippen LogP contribution in [0.15, 0.2) is 36.4 Å². The summed E-state index contributed by atoms with van der Waals surface area (Å²) in [5.41, 5.74) is 2.34. The van der Waals surface area contributed by atoms with Crippen LogP contribution in [0.25, 0.3) is 10.8 Å². The van der Waals surface area contributed by atoms with Crippen LogP contribution in [0, 0.1) is 0 Å². The molecule has 1 atom stereocenters. The van der Waals surface area contributed by atoms with E-state index in [2.05, 4.69) is 34.5 Å². The summed E-state index contributed by atoms with van der Waals surface area (Å²) in [6, 6.07) is 13.4. The number of aliphatic hydroxyl groups is 1. The monoisotopic (exact) mass is 227 g/mol. The fraction of sp³-hybridized carbons (Fsp3) is 0.286. The number of hydrogen-bond donors (Lipinski definition) is 1. The minimum absolute atomic E-state index is 0.414. The van der Waals surface area contributed by atoms with Gasteiger partial charge in [-0.15, -0.1) is 0 Å². The maximum Gasteiger partial charge on any atom is 0.0767 e. The Balaban J connectivity index is 2.66. The van der Waals surface area contributed by atoms with Gasteiger partial charge in [-0.05, 0) is 35.2 Å². The lowest BCUT2D eigenvalue weighted by molar-refractivity contribution is 0.201. The molecule has 2 rings (SSSR count). The van der Waals surface area contributed by atoms with Crippen LogP contribution < -0.4 is 0 Å². The van der Waals surface area contributed by atoms with Crippen molar-refractivity contribution >= 4 is 21.0 Å². The molecule has 1 unspecified atom stereocenters. The fourth-order valence-corrected chi connectivity index (χ4v) is 2.39. The Morgan fingerprint density at radius 2 is 1.81 bits per heavy atom. The maximum atomic E-state index is 9.73. The van der Waals surface area contributed by atoms with Gasteiger partial charge in [-0.25, -0.2) is 0 Å². The van der Waals surface area contributed by atoms with Crippen molar-refractivity contribution in [2.45, 2.75) is 25.5 Å². The van der Waals surface area contributed by atoms with Crippen LogP contribution in [0.3, 0.4) is 0 Å². The summed E-state index contributed by atoms with van der Waals surface area (Å²) in [5, 5.41) is 12.1. The zero-order valence-corrected chi connectivity index (χ0v) is 10.4. The molecule has 0 heterocycles. The molecule has 0 aliphatic carbocycles. The number of benzene rings is 2. The van der Waals surface area contributed by atoms with E-state index in [1.165, 1.54) is 10.9 Å². The largest absolute Gasteiger partial charge is 0.389 e. The van der Waals surface area contributed by atoms with Crippen molar-refractivity contribution in [2.75, 3.05) is 0 Å². The van der Waals surface area contributed by atoms with Crippen molar-refractivity contribution in [2.24, 2.45) is 0 Å². The van der Waals surface area contributed by atoms with Crippen molar-refractivity contribution in [3.8, 4) is 0 Å². The molecule has 0 saturated carbocycles. The molecule has 0 fully saturated rings. The van der Waals surface area contributed by atoms with Crippen LogP contribution in [0.5, 0.6) is 0 Å². The van der Waals surface area contributed by atoms with E-state index in [1.807, 2.05) is 19.1 Å². The van der Waals surface area contributed by atoms with Gasteiger partial charge in [0.15, 0.2) is 0 Å². The zero-order chi connectivity index (χ0) is 11.5. The lowest BCUT2D eigenvalue weighted by atomic mass is 9.97. The van der Waals surface area contributed by atoms with Crippen LogP contribution in [-0.2, 0) is 6.42 Å². The molecule has 2 aromatic carbocycles. The first-order valence-electron chi connectivity index (χ1n) is 5.57. The first-order chi connectivity index (χ1) is 7.74. The highest BCUT2D eigenvalue weighted by molar-refractivity contribution is 6.08. The van der Waals surface area contributed by atoms with Gasteiger partial charge in [0.25, 0.3) is 0 Å². The second kappa shape index (κ2) is 4.81. The molecule has 2 heteroatoms. The Morgan fingerprint density at radius 1 is 1.12 bits per heavy atom. The highest BCUT2D eigenvalue weighted by atomic mass is 28.1. The number of hydrogen-bond acceptors (Lipinski definition) is 1. The van der Waals surface area contributed by atoms with Gasteiger partial charge < -0.3 is 5.11 Å². The molecular formula is C14H15OSi. The molecule has 0 aliphatic rings. The first kappa shape index (κ1) is 11.4. The van der Waals surface area contributed by atoms with Crippen LogP contribution in [0.4, 0.5) is 0 Å². The van der Waals surface area contributed by atoms with E-state index in [0.717, 1.165) is 23.4 Å². The van der Waals surface area contributed by atoms with Gasteiger partial charge in [-0.3, -0.25) is 0 Å². The molecule has 0 aromatic heterocycles. The second-order valence-electron chi connectivity index (χ2n) is 4.04. The molecule has 0 saturated heterocycles. The summed E-state index contributed by atoms with van der Waals surface area (Å²) in [6.07, 6.45) is 0.597. The molecule has 0 bridgehead atoms. The fourth-order valence-electron chi connectivity index (χ4n) is 2.12. The number of aliphatic hydroxyl groups excluding tert-OH is 1. The first-order valence-corrected chi connectivity index (χ1v) is 6.28. The average Bonchev–Trinajstić information content (AvgIpc) is 2.29.